The number of nitrogens with zero attached hydrogens (tertiary/aromatic N) is 2. The Morgan fingerprint density at radius 2 is 1.03 bits per heavy atom. The number of likely N-dealkylation sites (tertiary alicyclic amines) is 2. The summed E-state index contributed by atoms with van der Waals surface area (Å²) in [5.74, 6) is -0.247. The highest BCUT2D eigenvalue weighted by Gasteiger charge is 2.48. The molecule has 0 amide bonds. The van der Waals surface area contributed by atoms with Crippen molar-refractivity contribution in [2.24, 2.45) is 17.3 Å². The Balaban J connectivity index is 0.000000888. The first-order chi connectivity index (χ1) is 28.9. The van der Waals surface area contributed by atoms with Crippen molar-refractivity contribution < 1.29 is 24.2 Å². The van der Waals surface area contributed by atoms with Crippen LogP contribution < -0.4 is 0 Å². The van der Waals surface area contributed by atoms with E-state index in [0.29, 0.717) is 19.0 Å². The number of aldehydes is 1. The minimum absolute atomic E-state index is 0.241. The third-order valence-electron chi connectivity index (χ3n) is 13.7. The zero-order chi connectivity index (χ0) is 44.5. The largest absolute Gasteiger partial charge is 0.478 e. The molecule has 340 valence electrons. The Morgan fingerprint density at radius 3 is 1.43 bits per heavy atom. The van der Waals surface area contributed by atoms with Crippen LogP contribution in [0.1, 0.15) is 220 Å². The van der Waals surface area contributed by atoms with E-state index in [1.807, 2.05) is 0 Å². The minimum atomic E-state index is -1.90. The summed E-state index contributed by atoms with van der Waals surface area (Å²) in [5, 5.41) is 5.50. The molecule has 1 atom stereocenters. The molecule has 2 saturated heterocycles. The second kappa shape index (κ2) is 34.6. The maximum atomic E-state index is 13.6. The SMILES string of the molecule is CCCCCCCC(C=O)CCCCCCC.[B]C([B])(OC)C(N1CCC2(CCN(CCCCO)CC2)CC1)C([B])([B])OC(=O)C(CCCCCCC)CCCCCCC. The van der Waals surface area contributed by atoms with Crippen LogP contribution in [0, 0.1) is 17.3 Å². The van der Waals surface area contributed by atoms with Crippen molar-refractivity contribution in [3.05, 3.63) is 0 Å². The van der Waals surface area contributed by atoms with Crippen LogP contribution in [-0.4, -0.2) is 122 Å². The molecule has 0 aromatic rings. The van der Waals surface area contributed by atoms with Crippen molar-refractivity contribution in [1.29, 1.82) is 0 Å². The summed E-state index contributed by atoms with van der Waals surface area (Å²) in [4.78, 5) is 29.2. The molecule has 2 fully saturated rings. The van der Waals surface area contributed by atoms with Crippen LogP contribution in [0.4, 0.5) is 0 Å². The van der Waals surface area contributed by atoms with Gasteiger partial charge in [-0.15, -0.1) is 0 Å². The normalized spacial score (nSPS) is 16.9. The molecule has 7 nitrogen and oxygen atoms in total. The highest BCUT2D eigenvalue weighted by molar-refractivity contribution is 6.45. The number of carbonyl (C=O) groups excluding carboxylic acids is 2. The van der Waals surface area contributed by atoms with Gasteiger partial charge in [0.25, 0.3) is 0 Å². The van der Waals surface area contributed by atoms with Crippen LogP contribution in [0.3, 0.4) is 0 Å². The van der Waals surface area contributed by atoms with Crippen LogP contribution in [-0.2, 0) is 19.1 Å². The highest BCUT2D eigenvalue weighted by atomic mass is 16.6. The number of ether oxygens (including phenoxy) is 2. The molecule has 2 aliphatic heterocycles. The fourth-order valence-electron chi connectivity index (χ4n) is 9.47. The number of aliphatic hydroxyl groups is 1. The summed E-state index contributed by atoms with van der Waals surface area (Å²) >= 11 is 0. The smallest absolute Gasteiger partial charge is 0.307 e. The zero-order valence-electron chi connectivity index (χ0n) is 40.0. The Bertz CT molecular complexity index is 1010. The average molecular weight is 833 g/mol. The summed E-state index contributed by atoms with van der Waals surface area (Å²) in [5.41, 5.74) is 0.274. The zero-order valence-corrected chi connectivity index (χ0v) is 40.0. The van der Waals surface area contributed by atoms with E-state index in [1.165, 1.54) is 116 Å². The average Bonchev–Trinajstić information content (AvgIpc) is 3.23. The summed E-state index contributed by atoms with van der Waals surface area (Å²) < 4.78 is 11.5. The fraction of sp³-hybridized carbons (Fsp3) is 0.959. The van der Waals surface area contributed by atoms with Crippen molar-refractivity contribution >= 4 is 43.6 Å². The van der Waals surface area contributed by atoms with E-state index in [-0.39, 0.29) is 23.9 Å². The molecule has 0 aliphatic carbocycles. The fourth-order valence-corrected chi connectivity index (χ4v) is 9.47. The molecule has 60 heavy (non-hydrogen) atoms. The maximum Gasteiger partial charge on any atom is 0.307 e. The number of aliphatic hydroxyl groups excluding tert-OH is 1. The Kier molecular flexibility index (Phi) is 33.0. The van der Waals surface area contributed by atoms with Gasteiger partial charge in [0.1, 0.15) is 37.7 Å². The van der Waals surface area contributed by atoms with E-state index in [2.05, 4.69) is 37.5 Å². The number of unbranched alkanes of at least 4 members (excludes halogenated alkanes) is 17. The van der Waals surface area contributed by atoms with Gasteiger partial charge in [-0.05, 0) is 102 Å². The molecule has 1 N–H and O–H groups in total. The highest BCUT2D eigenvalue weighted by Crippen LogP contribution is 2.43. The summed E-state index contributed by atoms with van der Waals surface area (Å²) in [6.07, 6.45) is 35.7. The predicted molar refractivity (Wildman–Crippen MR) is 257 cm³/mol. The van der Waals surface area contributed by atoms with Gasteiger partial charge in [0, 0.05) is 36.5 Å². The number of methoxy groups -OCH3 is 1. The summed E-state index contributed by atoms with van der Waals surface area (Å²) in [7, 11) is 27.7. The van der Waals surface area contributed by atoms with Gasteiger partial charge < -0.3 is 24.3 Å². The Labute approximate surface area is 377 Å². The lowest BCUT2D eigenvalue weighted by Crippen LogP contribution is -2.69. The third-order valence-corrected chi connectivity index (χ3v) is 13.7. The number of rotatable bonds is 35. The molecule has 1 spiro atoms. The van der Waals surface area contributed by atoms with Gasteiger partial charge in [-0.25, -0.2) is 0 Å². The quantitative estimate of drug-likeness (QED) is 0.0295. The third kappa shape index (κ3) is 24.3. The standard InChI is InChI=1S/C33H60B4N2O4.C16H32O/c1-4-6-8-10-12-16-28(17-13-11-9-7-5-2)29(41)43-33(36,37)30(32(34,35)42-3)39-25-20-31(21-26-39)18-23-38(24-19-31)22-14-15-27-40;1-3-5-7-9-11-13-16(15-17)14-12-10-8-6-4-2/h28,30,40H,4-27H2,1-3H3;15-16H,3-14H2,1-2H3. The van der Waals surface area contributed by atoms with Gasteiger partial charge in [-0.3, -0.25) is 9.69 Å². The molecule has 0 bridgehead atoms. The van der Waals surface area contributed by atoms with E-state index in [0.717, 1.165) is 110 Å². The van der Waals surface area contributed by atoms with Gasteiger partial charge in [0.05, 0.1) is 5.92 Å². The summed E-state index contributed by atoms with van der Waals surface area (Å²) in [6.45, 7) is 13.8. The molecule has 2 heterocycles. The molecule has 11 heteroatoms. The van der Waals surface area contributed by atoms with Gasteiger partial charge >= 0.3 is 5.97 Å². The van der Waals surface area contributed by atoms with Crippen molar-refractivity contribution in [1.82, 2.24) is 9.80 Å². The van der Waals surface area contributed by atoms with Gasteiger partial charge in [-0.1, -0.05) is 156 Å². The van der Waals surface area contributed by atoms with Crippen LogP contribution in [0.5, 0.6) is 0 Å². The second-order valence-electron chi connectivity index (χ2n) is 18.9. The van der Waals surface area contributed by atoms with Gasteiger partial charge in [-0.2, -0.15) is 0 Å². The monoisotopic (exact) mass is 833 g/mol. The van der Waals surface area contributed by atoms with E-state index < -0.39 is 16.8 Å². The molecule has 8 radical (unpaired) electrons. The van der Waals surface area contributed by atoms with Crippen molar-refractivity contribution in [3.63, 3.8) is 0 Å². The second-order valence-corrected chi connectivity index (χ2v) is 18.9. The van der Waals surface area contributed by atoms with Crippen LogP contribution >= 0.6 is 0 Å². The number of hydrogen-bond donors (Lipinski definition) is 1. The molecule has 2 aliphatic rings. The summed E-state index contributed by atoms with van der Waals surface area (Å²) in [6, 6.07) is -0.903. The number of esters is 1. The molecule has 0 aromatic heterocycles. The van der Waals surface area contributed by atoms with Crippen molar-refractivity contribution in [2.45, 2.75) is 237 Å². The number of carbonyl (C=O) groups is 2. The van der Waals surface area contributed by atoms with E-state index >= 15 is 0 Å². The predicted octanol–water partition coefficient (Wildman–Crippen LogP) is 10.3. The lowest BCUT2D eigenvalue weighted by Gasteiger charge is -2.55. The lowest BCUT2D eigenvalue weighted by molar-refractivity contribution is -0.160. The molecule has 0 aromatic carbocycles. The molecule has 0 saturated carbocycles. The Hall–Kier alpha value is -0.760. The van der Waals surface area contributed by atoms with Gasteiger partial charge in [0.2, 0.25) is 0 Å². The first kappa shape index (κ1) is 57.3. The first-order valence-corrected chi connectivity index (χ1v) is 25.3. The van der Waals surface area contributed by atoms with Crippen LogP contribution in [0.2, 0.25) is 0 Å². The molecular weight excluding hydrogens is 740 g/mol. The van der Waals surface area contributed by atoms with Crippen molar-refractivity contribution in [2.75, 3.05) is 46.4 Å². The van der Waals surface area contributed by atoms with E-state index in [9.17, 15) is 9.59 Å². The number of piperidine rings is 2. The van der Waals surface area contributed by atoms with E-state index in [4.69, 9.17) is 46.0 Å². The molecule has 1 unspecified atom stereocenters. The number of hydrogen-bond acceptors (Lipinski definition) is 7. The first-order valence-electron chi connectivity index (χ1n) is 25.3. The maximum absolute atomic E-state index is 13.6. The van der Waals surface area contributed by atoms with Crippen LogP contribution in [0.25, 0.3) is 0 Å². The van der Waals surface area contributed by atoms with Crippen LogP contribution in [0.15, 0.2) is 0 Å². The Morgan fingerprint density at radius 1 is 0.617 bits per heavy atom. The molecular formula is C49H92B4N2O5. The van der Waals surface area contributed by atoms with E-state index in [1.54, 1.807) is 0 Å². The lowest BCUT2D eigenvalue weighted by atomic mass is 9.47. The van der Waals surface area contributed by atoms with Crippen molar-refractivity contribution in [3.8, 4) is 0 Å². The topological polar surface area (TPSA) is 79.3 Å². The van der Waals surface area contributed by atoms with Gasteiger partial charge in [0.15, 0.2) is 0 Å². The molecule has 2 rings (SSSR count). The minimum Gasteiger partial charge on any atom is -0.478 e.